The minimum absolute atomic E-state index is 0.0350. The molecule has 2 aromatic carbocycles. The molecule has 0 spiro atoms. The maximum Gasteiger partial charge on any atom is 0.422 e. The molecule has 0 heterocycles. The molecule has 0 amide bonds. The highest BCUT2D eigenvalue weighted by molar-refractivity contribution is 5.86. The van der Waals surface area contributed by atoms with Crippen molar-refractivity contribution in [3.8, 4) is 16.9 Å². The minimum Gasteiger partial charge on any atom is -0.507 e. The van der Waals surface area contributed by atoms with Gasteiger partial charge in [-0.3, -0.25) is 30.3 Å². The molecular formula is C12H7N3O7. The molecule has 0 aliphatic carbocycles. The summed E-state index contributed by atoms with van der Waals surface area (Å²) in [6, 6.07) is 7.28. The second-order valence-electron chi connectivity index (χ2n) is 4.12. The molecule has 0 fully saturated rings. The van der Waals surface area contributed by atoms with E-state index in [0.717, 1.165) is 12.1 Å². The van der Waals surface area contributed by atoms with Crippen LogP contribution in [0, 0.1) is 30.3 Å². The van der Waals surface area contributed by atoms with Gasteiger partial charge in [-0.1, -0.05) is 18.2 Å². The molecule has 0 saturated heterocycles. The molecular weight excluding hydrogens is 298 g/mol. The second-order valence-corrected chi connectivity index (χ2v) is 4.12. The lowest BCUT2D eigenvalue weighted by Crippen LogP contribution is -2.03. The summed E-state index contributed by atoms with van der Waals surface area (Å²) >= 11 is 0. The topological polar surface area (TPSA) is 150 Å². The molecule has 0 aromatic heterocycles. The Morgan fingerprint density at radius 1 is 0.727 bits per heavy atom. The number of nitro groups is 3. The van der Waals surface area contributed by atoms with Gasteiger partial charge in [0.2, 0.25) is 0 Å². The highest BCUT2D eigenvalue weighted by Crippen LogP contribution is 2.45. The van der Waals surface area contributed by atoms with Crippen molar-refractivity contribution >= 4 is 17.1 Å². The predicted molar refractivity (Wildman–Crippen MR) is 73.5 cm³/mol. The quantitative estimate of drug-likeness (QED) is 0.673. The first-order valence-electron chi connectivity index (χ1n) is 5.73. The third kappa shape index (κ3) is 2.40. The molecule has 10 nitrogen and oxygen atoms in total. The van der Waals surface area contributed by atoms with Gasteiger partial charge in [0.05, 0.1) is 20.3 Å². The van der Waals surface area contributed by atoms with Crippen LogP contribution in [0.15, 0.2) is 36.4 Å². The number of para-hydroxylation sites is 1. The van der Waals surface area contributed by atoms with Crippen molar-refractivity contribution in [1.29, 1.82) is 0 Å². The van der Waals surface area contributed by atoms with Gasteiger partial charge in [0, 0.05) is 11.6 Å². The van der Waals surface area contributed by atoms with Crippen LogP contribution in [0.3, 0.4) is 0 Å². The number of phenols is 1. The maximum absolute atomic E-state index is 11.2. The molecule has 0 unspecified atom stereocenters. The van der Waals surface area contributed by atoms with Gasteiger partial charge in [0.25, 0.3) is 0 Å². The van der Waals surface area contributed by atoms with E-state index < -0.39 is 31.8 Å². The van der Waals surface area contributed by atoms with Gasteiger partial charge in [0.15, 0.2) is 0 Å². The number of nitrogens with zero attached hydrogens (tertiary/aromatic N) is 3. The number of hydrogen-bond acceptors (Lipinski definition) is 7. The van der Waals surface area contributed by atoms with Crippen LogP contribution >= 0.6 is 0 Å². The fourth-order valence-electron chi connectivity index (χ4n) is 2.00. The largest absolute Gasteiger partial charge is 0.507 e. The summed E-state index contributed by atoms with van der Waals surface area (Å²) in [5, 5.41) is 42.9. The van der Waals surface area contributed by atoms with Crippen LogP contribution in [-0.4, -0.2) is 19.9 Å². The minimum atomic E-state index is -1.23. The number of nitro benzene ring substituents is 3. The molecule has 0 radical (unpaired) electrons. The van der Waals surface area contributed by atoms with E-state index in [1.165, 1.54) is 24.3 Å². The first-order valence-corrected chi connectivity index (χ1v) is 5.73. The molecule has 0 aliphatic rings. The third-order valence-electron chi connectivity index (χ3n) is 2.89. The summed E-state index contributed by atoms with van der Waals surface area (Å²) in [7, 11) is 0. The molecule has 2 aromatic rings. The average molecular weight is 305 g/mol. The van der Waals surface area contributed by atoms with E-state index in [9.17, 15) is 35.4 Å². The fourth-order valence-corrected chi connectivity index (χ4v) is 2.00. The zero-order valence-corrected chi connectivity index (χ0v) is 10.7. The van der Waals surface area contributed by atoms with Crippen molar-refractivity contribution in [3.05, 3.63) is 66.7 Å². The van der Waals surface area contributed by atoms with E-state index in [-0.39, 0.29) is 16.9 Å². The normalized spacial score (nSPS) is 10.2. The number of benzene rings is 2. The molecule has 2 rings (SSSR count). The van der Waals surface area contributed by atoms with E-state index in [0.29, 0.717) is 0 Å². The molecule has 0 saturated carbocycles. The van der Waals surface area contributed by atoms with Crippen molar-refractivity contribution in [1.82, 2.24) is 0 Å². The van der Waals surface area contributed by atoms with Crippen LogP contribution < -0.4 is 0 Å². The Morgan fingerprint density at radius 2 is 1.32 bits per heavy atom. The first kappa shape index (κ1) is 14.8. The molecule has 22 heavy (non-hydrogen) atoms. The molecule has 10 heteroatoms. The summed E-state index contributed by atoms with van der Waals surface area (Å²) in [6.45, 7) is 0. The molecule has 1 N–H and O–H groups in total. The van der Waals surface area contributed by atoms with Gasteiger partial charge >= 0.3 is 17.1 Å². The average Bonchev–Trinajstić information content (AvgIpc) is 2.45. The summed E-state index contributed by atoms with van der Waals surface area (Å²) in [5.74, 6) is -0.339. The SMILES string of the molecule is O=[N+]([O-])c1ccc(-c2ccccc2O)c([N+](=O)[O-])c1[N+](=O)[O-]. The van der Waals surface area contributed by atoms with Crippen LogP contribution in [0.4, 0.5) is 17.1 Å². The van der Waals surface area contributed by atoms with E-state index in [2.05, 4.69) is 0 Å². The van der Waals surface area contributed by atoms with Crippen LogP contribution in [0.1, 0.15) is 0 Å². The van der Waals surface area contributed by atoms with Gasteiger partial charge in [-0.2, -0.15) is 0 Å². The monoisotopic (exact) mass is 305 g/mol. The number of phenolic OH excluding ortho intramolecular Hbond substituents is 1. The molecule has 0 aliphatic heterocycles. The van der Waals surface area contributed by atoms with Crippen molar-refractivity contribution in [2.45, 2.75) is 0 Å². The molecule has 0 bridgehead atoms. The van der Waals surface area contributed by atoms with Crippen LogP contribution in [-0.2, 0) is 0 Å². The number of aromatic hydroxyl groups is 1. The smallest absolute Gasteiger partial charge is 0.422 e. The zero-order chi connectivity index (χ0) is 16.4. The van der Waals surface area contributed by atoms with Crippen molar-refractivity contribution in [2.24, 2.45) is 0 Å². The van der Waals surface area contributed by atoms with Crippen LogP contribution in [0.25, 0.3) is 11.1 Å². The standard InChI is InChI=1S/C12H7N3O7/c16-10-4-2-1-3-7(10)8-5-6-9(13(17)18)12(15(21)22)11(8)14(19)20/h1-6,16H. The van der Waals surface area contributed by atoms with Gasteiger partial charge in [-0.05, 0) is 12.1 Å². The summed E-state index contributed by atoms with van der Waals surface area (Å²) in [6.07, 6.45) is 0. The third-order valence-corrected chi connectivity index (χ3v) is 2.89. The fraction of sp³-hybridized carbons (Fsp3) is 0. The van der Waals surface area contributed by atoms with Crippen LogP contribution in [0.2, 0.25) is 0 Å². The molecule has 0 atom stereocenters. The van der Waals surface area contributed by atoms with Gasteiger partial charge < -0.3 is 5.11 Å². The van der Waals surface area contributed by atoms with Gasteiger partial charge in [0.1, 0.15) is 5.75 Å². The second kappa shape index (κ2) is 5.44. The Kier molecular flexibility index (Phi) is 3.67. The lowest BCUT2D eigenvalue weighted by Gasteiger charge is -2.06. The van der Waals surface area contributed by atoms with Crippen molar-refractivity contribution < 1.29 is 19.9 Å². The number of hydrogen-bond donors (Lipinski definition) is 1. The van der Waals surface area contributed by atoms with E-state index in [1.54, 1.807) is 0 Å². The van der Waals surface area contributed by atoms with Gasteiger partial charge in [-0.15, -0.1) is 0 Å². The highest BCUT2D eigenvalue weighted by atomic mass is 16.6. The zero-order valence-electron chi connectivity index (χ0n) is 10.7. The highest BCUT2D eigenvalue weighted by Gasteiger charge is 2.39. The van der Waals surface area contributed by atoms with E-state index >= 15 is 0 Å². The predicted octanol–water partition coefficient (Wildman–Crippen LogP) is 2.78. The van der Waals surface area contributed by atoms with Crippen molar-refractivity contribution in [2.75, 3.05) is 0 Å². The first-order chi connectivity index (χ1) is 10.3. The summed E-state index contributed by atoms with van der Waals surface area (Å²) in [4.78, 5) is 29.8. The van der Waals surface area contributed by atoms with Crippen LogP contribution in [0.5, 0.6) is 5.75 Å². The Morgan fingerprint density at radius 3 is 1.82 bits per heavy atom. The summed E-state index contributed by atoms with van der Waals surface area (Å²) < 4.78 is 0. The Balaban J connectivity index is 2.91. The number of rotatable bonds is 4. The lowest BCUT2D eigenvalue weighted by molar-refractivity contribution is -0.440. The maximum atomic E-state index is 11.2. The lowest BCUT2D eigenvalue weighted by atomic mass is 10.0. The van der Waals surface area contributed by atoms with E-state index in [1.807, 2.05) is 0 Å². The van der Waals surface area contributed by atoms with E-state index in [4.69, 9.17) is 0 Å². The summed E-state index contributed by atoms with van der Waals surface area (Å²) in [5.41, 5.74) is -3.57. The Labute approximate surface area is 121 Å². The van der Waals surface area contributed by atoms with Crippen molar-refractivity contribution in [3.63, 3.8) is 0 Å². The molecule has 112 valence electrons. The van der Waals surface area contributed by atoms with Gasteiger partial charge in [-0.25, -0.2) is 0 Å². The Hall–Kier alpha value is -3.56. The Bertz CT molecular complexity index is 803.